The van der Waals surface area contributed by atoms with Crippen molar-refractivity contribution in [2.45, 2.75) is 12.6 Å². The highest BCUT2D eigenvalue weighted by atomic mass is 16.5. The maximum absolute atomic E-state index is 13.2. The summed E-state index contributed by atoms with van der Waals surface area (Å²) in [6.45, 7) is 0.396. The summed E-state index contributed by atoms with van der Waals surface area (Å²) in [6, 6.07) is 21.4. The average Bonchev–Trinajstić information content (AvgIpc) is 2.81. The van der Waals surface area contributed by atoms with E-state index < -0.39 is 6.04 Å². The molecule has 3 aromatic carbocycles. The number of rotatable bonds is 9. The molecule has 1 amide bonds. The second-order valence-electron chi connectivity index (χ2n) is 6.85. The van der Waals surface area contributed by atoms with Gasteiger partial charge in [0.25, 0.3) is 0 Å². The topological polar surface area (TPSA) is 109 Å². The second-order valence-corrected chi connectivity index (χ2v) is 6.85. The molecule has 0 aliphatic carbocycles. The lowest BCUT2D eigenvalue weighted by molar-refractivity contribution is -0.122. The summed E-state index contributed by atoms with van der Waals surface area (Å²) in [5.41, 5.74) is 8.49. The normalized spacial score (nSPS) is 11.3. The number of amidine groups is 1. The van der Waals surface area contributed by atoms with Crippen molar-refractivity contribution in [3.05, 3.63) is 89.5 Å². The molecule has 0 bridgehead atoms. The minimum absolute atomic E-state index is 0.0156. The Hall–Kier alpha value is -4.00. The standard InChI is InChI=1S/C24H26N4O3/c1-30-20-10-6-9-19(22(20)31-2)21(24(29)27-15-16-7-4-3-5-8-16)28-18-13-11-17(12-14-18)23(25)26/h3-14,21,28H,15H2,1-2H3,(H3,25,26)(H,27,29)/t21-/m0/s1. The molecular formula is C24H26N4O3. The maximum Gasteiger partial charge on any atom is 0.247 e. The largest absolute Gasteiger partial charge is 0.493 e. The summed E-state index contributed by atoms with van der Waals surface area (Å²) in [7, 11) is 3.10. The van der Waals surface area contributed by atoms with Crippen molar-refractivity contribution in [1.29, 1.82) is 5.41 Å². The maximum atomic E-state index is 13.2. The van der Waals surface area contributed by atoms with Crippen LogP contribution in [0.1, 0.15) is 22.7 Å². The summed E-state index contributed by atoms with van der Waals surface area (Å²) in [4.78, 5) is 13.2. The van der Waals surface area contributed by atoms with Crippen LogP contribution in [0.4, 0.5) is 5.69 Å². The number of anilines is 1. The van der Waals surface area contributed by atoms with Crippen LogP contribution in [0.15, 0.2) is 72.8 Å². The SMILES string of the molecule is COc1cccc([C@H](Nc2ccc(C(=N)N)cc2)C(=O)NCc2ccccc2)c1OC. The van der Waals surface area contributed by atoms with E-state index in [9.17, 15) is 4.79 Å². The van der Waals surface area contributed by atoms with Gasteiger partial charge < -0.3 is 25.8 Å². The van der Waals surface area contributed by atoms with Crippen LogP contribution in [-0.4, -0.2) is 26.0 Å². The zero-order valence-corrected chi connectivity index (χ0v) is 17.5. The number of hydrogen-bond donors (Lipinski definition) is 4. The van der Waals surface area contributed by atoms with Crippen LogP contribution in [0, 0.1) is 5.41 Å². The van der Waals surface area contributed by atoms with Crippen molar-refractivity contribution < 1.29 is 14.3 Å². The molecule has 0 saturated heterocycles. The van der Waals surface area contributed by atoms with Gasteiger partial charge in [-0.3, -0.25) is 10.2 Å². The fourth-order valence-electron chi connectivity index (χ4n) is 3.22. The number of nitrogens with two attached hydrogens (primary N) is 1. The first-order valence-corrected chi connectivity index (χ1v) is 9.77. The monoisotopic (exact) mass is 418 g/mol. The third-order valence-electron chi connectivity index (χ3n) is 4.82. The molecule has 0 radical (unpaired) electrons. The number of nitrogens with one attached hydrogen (secondary N) is 3. The molecular weight excluding hydrogens is 392 g/mol. The Morgan fingerprint density at radius 1 is 0.968 bits per heavy atom. The van der Waals surface area contributed by atoms with Gasteiger partial charge in [0, 0.05) is 23.4 Å². The van der Waals surface area contributed by atoms with Crippen molar-refractivity contribution in [3.8, 4) is 11.5 Å². The van der Waals surface area contributed by atoms with E-state index >= 15 is 0 Å². The van der Waals surface area contributed by atoms with E-state index in [4.69, 9.17) is 20.6 Å². The van der Waals surface area contributed by atoms with Crippen molar-refractivity contribution >= 4 is 17.4 Å². The number of ether oxygens (including phenoxy) is 2. The predicted molar refractivity (Wildman–Crippen MR) is 122 cm³/mol. The summed E-state index contributed by atoms with van der Waals surface area (Å²) in [6.07, 6.45) is 0. The van der Waals surface area contributed by atoms with E-state index in [0.717, 1.165) is 5.56 Å². The van der Waals surface area contributed by atoms with Crippen molar-refractivity contribution in [2.24, 2.45) is 5.73 Å². The first-order chi connectivity index (χ1) is 15.0. The molecule has 31 heavy (non-hydrogen) atoms. The molecule has 0 heterocycles. The summed E-state index contributed by atoms with van der Waals surface area (Å²) < 4.78 is 11.0. The molecule has 1 atom stereocenters. The predicted octanol–water partition coefficient (Wildman–Crippen LogP) is 3.46. The number of methoxy groups -OCH3 is 2. The molecule has 0 unspecified atom stereocenters. The van der Waals surface area contributed by atoms with Crippen LogP contribution in [-0.2, 0) is 11.3 Å². The Labute approximate surface area is 181 Å². The van der Waals surface area contributed by atoms with Gasteiger partial charge in [-0.2, -0.15) is 0 Å². The summed E-state index contributed by atoms with van der Waals surface area (Å²) in [5.74, 6) is 0.788. The molecule has 7 nitrogen and oxygen atoms in total. The Morgan fingerprint density at radius 2 is 1.68 bits per heavy atom. The quantitative estimate of drug-likeness (QED) is 0.314. The van der Waals surface area contributed by atoms with Crippen molar-refractivity contribution in [1.82, 2.24) is 5.32 Å². The van der Waals surface area contributed by atoms with Gasteiger partial charge in [-0.15, -0.1) is 0 Å². The lowest BCUT2D eigenvalue weighted by Gasteiger charge is -2.23. The minimum atomic E-state index is -0.739. The first kappa shape index (κ1) is 21.7. The highest BCUT2D eigenvalue weighted by molar-refractivity contribution is 5.95. The Balaban J connectivity index is 1.91. The molecule has 0 saturated carbocycles. The zero-order chi connectivity index (χ0) is 22.2. The molecule has 0 fully saturated rings. The molecule has 160 valence electrons. The first-order valence-electron chi connectivity index (χ1n) is 9.77. The van der Waals surface area contributed by atoms with Crippen LogP contribution in [0.5, 0.6) is 11.5 Å². The van der Waals surface area contributed by atoms with Crippen LogP contribution in [0.3, 0.4) is 0 Å². The Kier molecular flexibility index (Phi) is 7.11. The van der Waals surface area contributed by atoms with E-state index in [2.05, 4.69) is 10.6 Å². The van der Waals surface area contributed by atoms with Gasteiger partial charge in [-0.1, -0.05) is 42.5 Å². The molecule has 3 aromatic rings. The third kappa shape index (κ3) is 5.33. The number of amides is 1. The van der Waals surface area contributed by atoms with Crippen LogP contribution < -0.4 is 25.8 Å². The molecule has 0 aromatic heterocycles. The van der Waals surface area contributed by atoms with Gasteiger partial charge in [0.05, 0.1) is 14.2 Å². The van der Waals surface area contributed by atoms with Gasteiger partial charge >= 0.3 is 0 Å². The fraction of sp³-hybridized carbons (Fsp3) is 0.167. The Morgan fingerprint density at radius 3 is 2.29 bits per heavy atom. The average molecular weight is 418 g/mol. The fourth-order valence-corrected chi connectivity index (χ4v) is 3.22. The summed E-state index contributed by atoms with van der Waals surface area (Å²) in [5, 5.41) is 13.8. The molecule has 0 aliphatic rings. The Bertz CT molecular complexity index is 1040. The van der Waals surface area contributed by atoms with Gasteiger partial charge in [-0.05, 0) is 35.9 Å². The number of benzene rings is 3. The minimum Gasteiger partial charge on any atom is -0.493 e. The number of carbonyl (C=O) groups excluding carboxylic acids is 1. The number of hydrogen-bond acceptors (Lipinski definition) is 5. The van der Waals surface area contributed by atoms with E-state index in [1.165, 1.54) is 0 Å². The van der Waals surface area contributed by atoms with E-state index in [1.807, 2.05) is 42.5 Å². The lowest BCUT2D eigenvalue weighted by Crippen LogP contribution is -2.33. The van der Waals surface area contributed by atoms with Gasteiger partial charge in [0.1, 0.15) is 11.9 Å². The van der Waals surface area contributed by atoms with Gasteiger partial charge in [0.15, 0.2) is 11.5 Å². The molecule has 7 heteroatoms. The highest BCUT2D eigenvalue weighted by Gasteiger charge is 2.26. The van der Waals surface area contributed by atoms with Crippen molar-refractivity contribution in [3.63, 3.8) is 0 Å². The molecule has 0 spiro atoms. The zero-order valence-electron chi connectivity index (χ0n) is 17.5. The smallest absolute Gasteiger partial charge is 0.247 e. The third-order valence-corrected chi connectivity index (χ3v) is 4.82. The number of carbonyl (C=O) groups is 1. The lowest BCUT2D eigenvalue weighted by atomic mass is 10.0. The molecule has 5 N–H and O–H groups in total. The van der Waals surface area contributed by atoms with Gasteiger partial charge in [-0.25, -0.2) is 0 Å². The van der Waals surface area contributed by atoms with Crippen LogP contribution in [0.25, 0.3) is 0 Å². The second kappa shape index (κ2) is 10.2. The van der Waals surface area contributed by atoms with E-state index in [1.54, 1.807) is 44.6 Å². The highest BCUT2D eigenvalue weighted by Crippen LogP contribution is 2.36. The van der Waals surface area contributed by atoms with E-state index in [0.29, 0.717) is 34.9 Å². The van der Waals surface area contributed by atoms with Crippen molar-refractivity contribution in [2.75, 3.05) is 19.5 Å². The van der Waals surface area contributed by atoms with Crippen LogP contribution >= 0.6 is 0 Å². The van der Waals surface area contributed by atoms with E-state index in [-0.39, 0.29) is 11.7 Å². The van der Waals surface area contributed by atoms with Gasteiger partial charge in [0.2, 0.25) is 5.91 Å². The van der Waals surface area contributed by atoms with Crippen LogP contribution in [0.2, 0.25) is 0 Å². The number of para-hydroxylation sites is 1. The number of nitrogen functional groups attached to an aromatic ring is 1. The molecule has 3 rings (SSSR count). The summed E-state index contributed by atoms with van der Waals surface area (Å²) >= 11 is 0. The molecule has 0 aliphatic heterocycles.